The monoisotopic (exact) mass is 371 g/mol. The predicted molar refractivity (Wildman–Crippen MR) is 107 cm³/mol. The number of carbonyl (C=O) groups excluding carboxylic acids is 1. The molecule has 0 radical (unpaired) electrons. The van der Waals surface area contributed by atoms with Gasteiger partial charge in [0.25, 0.3) is 5.91 Å². The van der Waals surface area contributed by atoms with Crippen LogP contribution < -0.4 is 14.8 Å². The average Bonchev–Trinajstić information content (AvgIpc) is 2.67. The molecule has 5 heteroatoms. The zero-order chi connectivity index (χ0) is 19.7. The molecule has 2 rings (SSSR count). The van der Waals surface area contributed by atoms with Gasteiger partial charge >= 0.3 is 0 Å². The minimum Gasteiger partial charge on any atom is -0.490 e. The van der Waals surface area contributed by atoms with Crippen LogP contribution in [-0.2, 0) is 6.42 Å². The van der Waals surface area contributed by atoms with E-state index in [-0.39, 0.29) is 12.5 Å². The van der Waals surface area contributed by atoms with E-state index in [4.69, 9.17) is 9.47 Å². The summed E-state index contributed by atoms with van der Waals surface area (Å²) < 4.78 is 11.1. The summed E-state index contributed by atoms with van der Waals surface area (Å²) in [5, 5.41) is 13.4. The fourth-order valence-corrected chi connectivity index (χ4v) is 2.71. The van der Waals surface area contributed by atoms with E-state index in [1.807, 2.05) is 44.2 Å². The number of aliphatic hydroxyl groups is 1. The van der Waals surface area contributed by atoms with Crippen molar-refractivity contribution in [3.8, 4) is 11.5 Å². The minimum atomic E-state index is -0.987. The minimum absolute atomic E-state index is 0.176. The Morgan fingerprint density at radius 3 is 2.37 bits per heavy atom. The van der Waals surface area contributed by atoms with Crippen LogP contribution in [0.4, 0.5) is 0 Å². The molecule has 0 aromatic heterocycles. The first-order valence-electron chi connectivity index (χ1n) is 9.39. The van der Waals surface area contributed by atoms with Gasteiger partial charge < -0.3 is 19.9 Å². The number of nitrogens with one attached hydrogen (secondary N) is 1. The smallest absolute Gasteiger partial charge is 0.251 e. The Morgan fingerprint density at radius 2 is 1.70 bits per heavy atom. The lowest BCUT2D eigenvalue weighted by Crippen LogP contribution is -2.41. The lowest BCUT2D eigenvalue weighted by atomic mass is 9.96. The van der Waals surface area contributed by atoms with Crippen molar-refractivity contribution in [1.29, 1.82) is 0 Å². The van der Waals surface area contributed by atoms with Crippen molar-refractivity contribution in [1.82, 2.24) is 5.32 Å². The van der Waals surface area contributed by atoms with Gasteiger partial charge in [-0.25, -0.2) is 0 Å². The summed E-state index contributed by atoms with van der Waals surface area (Å²) in [6.07, 6.45) is 1.31. The highest BCUT2D eigenvalue weighted by Gasteiger charge is 2.22. The maximum Gasteiger partial charge on any atom is 0.251 e. The highest BCUT2D eigenvalue weighted by Crippen LogP contribution is 2.28. The van der Waals surface area contributed by atoms with Gasteiger partial charge in [-0.2, -0.15) is 0 Å². The molecule has 0 spiro atoms. The van der Waals surface area contributed by atoms with E-state index < -0.39 is 5.60 Å². The summed E-state index contributed by atoms with van der Waals surface area (Å²) in [6, 6.07) is 15.1. The molecule has 1 amide bonds. The van der Waals surface area contributed by atoms with Crippen LogP contribution in [0.3, 0.4) is 0 Å². The number of hydrogen-bond acceptors (Lipinski definition) is 4. The van der Waals surface area contributed by atoms with Crippen molar-refractivity contribution in [2.24, 2.45) is 0 Å². The third-order valence-corrected chi connectivity index (χ3v) is 4.23. The highest BCUT2D eigenvalue weighted by atomic mass is 16.5. The van der Waals surface area contributed by atoms with Gasteiger partial charge in [0.15, 0.2) is 11.5 Å². The molecule has 0 saturated carbocycles. The first-order chi connectivity index (χ1) is 12.9. The highest BCUT2D eigenvalue weighted by molar-refractivity contribution is 5.94. The molecule has 27 heavy (non-hydrogen) atoms. The number of carbonyl (C=O) groups is 1. The van der Waals surface area contributed by atoms with Crippen LogP contribution in [0.25, 0.3) is 0 Å². The van der Waals surface area contributed by atoms with Crippen molar-refractivity contribution in [2.45, 2.75) is 39.2 Å². The van der Waals surface area contributed by atoms with Gasteiger partial charge in [-0.05, 0) is 57.4 Å². The van der Waals surface area contributed by atoms with E-state index in [1.54, 1.807) is 25.1 Å². The maximum atomic E-state index is 12.5. The molecule has 5 nitrogen and oxygen atoms in total. The molecule has 1 unspecified atom stereocenters. The lowest BCUT2D eigenvalue weighted by Gasteiger charge is -2.24. The van der Waals surface area contributed by atoms with Crippen LogP contribution in [0.5, 0.6) is 11.5 Å². The van der Waals surface area contributed by atoms with Gasteiger partial charge in [0.2, 0.25) is 0 Å². The molecule has 2 N–H and O–H groups in total. The van der Waals surface area contributed by atoms with Crippen LogP contribution in [-0.4, -0.2) is 36.4 Å². The number of rotatable bonds is 10. The number of aryl methyl sites for hydroxylation is 1. The van der Waals surface area contributed by atoms with Gasteiger partial charge in [0, 0.05) is 12.1 Å². The summed E-state index contributed by atoms with van der Waals surface area (Å²) in [7, 11) is 0. The Labute approximate surface area is 161 Å². The first-order valence-corrected chi connectivity index (χ1v) is 9.39. The first kappa shape index (κ1) is 20.8. The molecule has 1 atom stereocenters. The zero-order valence-electron chi connectivity index (χ0n) is 16.3. The SMILES string of the molecule is CCOc1ccc(C(=O)NCC(C)(O)CCc2ccccc2)cc1OCC. The van der Waals surface area contributed by atoms with Crippen molar-refractivity contribution >= 4 is 5.91 Å². The van der Waals surface area contributed by atoms with E-state index in [0.29, 0.717) is 36.7 Å². The summed E-state index contributed by atoms with van der Waals surface area (Å²) >= 11 is 0. The molecule has 0 saturated heterocycles. The third-order valence-electron chi connectivity index (χ3n) is 4.23. The fraction of sp³-hybridized carbons (Fsp3) is 0.409. The summed E-state index contributed by atoms with van der Waals surface area (Å²) in [4.78, 5) is 12.5. The fourth-order valence-electron chi connectivity index (χ4n) is 2.71. The van der Waals surface area contributed by atoms with Crippen molar-refractivity contribution in [2.75, 3.05) is 19.8 Å². The van der Waals surface area contributed by atoms with Crippen molar-refractivity contribution < 1.29 is 19.4 Å². The molecule has 146 valence electrons. The normalized spacial score (nSPS) is 12.9. The molecule has 0 heterocycles. The third kappa shape index (κ3) is 6.61. The molecule has 0 bridgehead atoms. The summed E-state index contributed by atoms with van der Waals surface area (Å²) in [5.74, 6) is 0.910. The predicted octanol–water partition coefficient (Wildman–Crippen LogP) is 3.60. The second-order valence-electron chi connectivity index (χ2n) is 6.69. The number of benzene rings is 2. The molecule has 0 aliphatic rings. The standard InChI is InChI=1S/C22H29NO4/c1-4-26-19-12-11-18(15-20(19)27-5-2)21(24)23-16-22(3,25)14-13-17-9-7-6-8-10-17/h6-12,15,25H,4-5,13-14,16H2,1-3H3,(H,23,24). The summed E-state index contributed by atoms with van der Waals surface area (Å²) in [5.41, 5.74) is 0.650. The molecule has 0 fully saturated rings. The number of hydrogen-bond donors (Lipinski definition) is 2. The molecule has 2 aromatic carbocycles. The van der Waals surface area contributed by atoms with Gasteiger partial charge in [-0.15, -0.1) is 0 Å². The molecular weight excluding hydrogens is 342 g/mol. The Balaban J connectivity index is 1.94. The van der Waals surface area contributed by atoms with Crippen molar-refractivity contribution in [3.63, 3.8) is 0 Å². The van der Waals surface area contributed by atoms with Crippen LogP contribution in [0, 0.1) is 0 Å². The van der Waals surface area contributed by atoms with E-state index in [1.165, 1.54) is 0 Å². The van der Waals surface area contributed by atoms with E-state index in [0.717, 1.165) is 12.0 Å². The molecule has 0 aliphatic heterocycles. The second-order valence-corrected chi connectivity index (χ2v) is 6.69. The van der Waals surface area contributed by atoms with Crippen molar-refractivity contribution in [3.05, 3.63) is 59.7 Å². The zero-order valence-corrected chi connectivity index (χ0v) is 16.3. The van der Waals surface area contributed by atoms with Crippen LogP contribution in [0.15, 0.2) is 48.5 Å². The largest absolute Gasteiger partial charge is 0.490 e. The maximum absolute atomic E-state index is 12.5. The quantitative estimate of drug-likeness (QED) is 0.670. The number of ether oxygens (including phenoxy) is 2. The number of amides is 1. The Kier molecular flexibility index (Phi) is 7.67. The molecular formula is C22H29NO4. The van der Waals surface area contributed by atoms with Crippen LogP contribution in [0.1, 0.15) is 43.1 Å². The van der Waals surface area contributed by atoms with Crippen LogP contribution in [0.2, 0.25) is 0 Å². The van der Waals surface area contributed by atoms with Crippen LogP contribution >= 0.6 is 0 Å². The molecule has 0 aliphatic carbocycles. The summed E-state index contributed by atoms with van der Waals surface area (Å²) in [6.45, 7) is 6.70. The van der Waals surface area contributed by atoms with E-state index in [9.17, 15) is 9.90 Å². The Hall–Kier alpha value is -2.53. The van der Waals surface area contributed by atoms with Gasteiger partial charge in [-0.3, -0.25) is 4.79 Å². The van der Waals surface area contributed by atoms with Gasteiger partial charge in [0.1, 0.15) is 0 Å². The topological polar surface area (TPSA) is 67.8 Å². The Morgan fingerprint density at radius 1 is 1.04 bits per heavy atom. The molecule has 2 aromatic rings. The lowest BCUT2D eigenvalue weighted by molar-refractivity contribution is 0.0478. The Bertz CT molecular complexity index is 728. The second kappa shape index (κ2) is 9.97. The average molecular weight is 371 g/mol. The van der Waals surface area contributed by atoms with Gasteiger partial charge in [0.05, 0.1) is 18.8 Å². The van der Waals surface area contributed by atoms with Gasteiger partial charge in [-0.1, -0.05) is 30.3 Å². The van der Waals surface area contributed by atoms with E-state index >= 15 is 0 Å². The van der Waals surface area contributed by atoms with E-state index in [2.05, 4.69) is 5.32 Å².